The van der Waals surface area contributed by atoms with Crippen LogP contribution in [-0.4, -0.2) is 29.6 Å². The fourth-order valence-corrected chi connectivity index (χ4v) is 1.37. The van der Waals surface area contributed by atoms with Crippen LogP contribution in [0.5, 0.6) is 0 Å². The first kappa shape index (κ1) is 11.0. The second kappa shape index (κ2) is 3.57. The molecular weight excluding hydrogens is 184 g/mol. The highest BCUT2D eigenvalue weighted by molar-refractivity contribution is 5.88. The zero-order chi connectivity index (χ0) is 10.9. The number of esters is 1. The smallest absolute Gasteiger partial charge is 0.329 e. The first-order chi connectivity index (χ1) is 6.32. The average Bonchev–Trinajstić information content (AvgIpc) is 2.24. The number of nitrogens with one attached hydrogen (secondary N) is 1. The van der Waals surface area contributed by atoms with E-state index in [4.69, 9.17) is 10.5 Å². The van der Waals surface area contributed by atoms with E-state index in [9.17, 15) is 9.59 Å². The molecule has 0 spiro atoms. The van der Waals surface area contributed by atoms with Crippen LogP contribution in [0, 0.1) is 0 Å². The molecular formula is C9H16N2O3. The van der Waals surface area contributed by atoms with E-state index < -0.39 is 17.7 Å². The summed E-state index contributed by atoms with van der Waals surface area (Å²) >= 11 is 0. The zero-order valence-corrected chi connectivity index (χ0v) is 8.66. The van der Waals surface area contributed by atoms with Gasteiger partial charge in [0.25, 0.3) is 0 Å². The van der Waals surface area contributed by atoms with Crippen molar-refractivity contribution < 1.29 is 14.3 Å². The largest absolute Gasteiger partial charge is 0.458 e. The lowest BCUT2D eigenvalue weighted by Crippen LogP contribution is -2.45. The van der Waals surface area contributed by atoms with E-state index in [1.54, 1.807) is 6.92 Å². The maximum absolute atomic E-state index is 11.3. The Morgan fingerprint density at radius 3 is 2.64 bits per heavy atom. The summed E-state index contributed by atoms with van der Waals surface area (Å²) < 4.78 is 5.05. The maximum Gasteiger partial charge on any atom is 0.329 e. The Bertz CT molecular complexity index is 261. The molecule has 80 valence electrons. The standard InChI is InChI=1S/C9H16N2O3/c1-5(10)7(12)11-6-4-9(2,3)14-8(6)13/h5-6H,4,10H2,1-3H3,(H,11,12). The fraction of sp³-hybridized carbons (Fsp3) is 0.778. The molecule has 1 rings (SSSR count). The number of rotatable bonds is 2. The Morgan fingerprint density at radius 1 is 1.71 bits per heavy atom. The minimum absolute atomic E-state index is 0.329. The highest BCUT2D eigenvalue weighted by Crippen LogP contribution is 2.25. The zero-order valence-electron chi connectivity index (χ0n) is 8.66. The van der Waals surface area contributed by atoms with Crippen molar-refractivity contribution in [2.75, 3.05) is 0 Å². The van der Waals surface area contributed by atoms with Gasteiger partial charge in [-0.15, -0.1) is 0 Å². The number of hydrogen-bond acceptors (Lipinski definition) is 4. The monoisotopic (exact) mass is 200 g/mol. The molecule has 0 aromatic heterocycles. The summed E-state index contributed by atoms with van der Waals surface area (Å²) in [5.41, 5.74) is 4.87. The van der Waals surface area contributed by atoms with Gasteiger partial charge in [-0.1, -0.05) is 0 Å². The van der Waals surface area contributed by atoms with Crippen LogP contribution >= 0.6 is 0 Å². The number of ether oxygens (including phenoxy) is 1. The van der Waals surface area contributed by atoms with Gasteiger partial charge in [-0.2, -0.15) is 0 Å². The van der Waals surface area contributed by atoms with Crippen LogP contribution in [0.4, 0.5) is 0 Å². The van der Waals surface area contributed by atoms with E-state index in [0.29, 0.717) is 6.42 Å². The van der Waals surface area contributed by atoms with E-state index in [-0.39, 0.29) is 11.9 Å². The number of carbonyl (C=O) groups is 2. The lowest BCUT2D eigenvalue weighted by Gasteiger charge is -2.14. The molecule has 0 bridgehead atoms. The van der Waals surface area contributed by atoms with Crippen LogP contribution in [0.2, 0.25) is 0 Å². The Labute approximate surface area is 83.0 Å². The molecule has 0 saturated carbocycles. The number of hydrogen-bond donors (Lipinski definition) is 2. The van der Waals surface area contributed by atoms with Crippen molar-refractivity contribution in [3.8, 4) is 0 Å². The molecule has 1 heterocycles. The van der Waals surface area contributed by atoms with Gasteiger partial charge in [-0.3, -0.25) is 4.79 Å². The van der Waals surface area contributed by atoms with Crippen molar-refractivity contribution in [1.29, 1.82) is 0 Å². The summed E-state index contributed by atoms with van der Waals surface area (Å²) in [7, 11) is 0. The number of carbonyl (C=O) groups excluding carboxylic acids is 2. The quantitative estimate of drug-likeness (QED) is 0.591. The summed E-state index contributed by atoms with van der Waals surface area (Å²) in [6, 6.07) is -1.16. The van der Waals surface area contributed by atoms with Crippen LogP contribution < -0.4 is 11.1 Å². The van der Waals surface area contributed by atoms with Crippen molar-refractivity contribution >= 4 is 11.9 Å². The molecule has 14 heavy (non-hydrogen) atoms. The topological polar surface area (TPSA) is 81.4 Å². The van der Waals surface area contributed by atoms with Gasteiger partial charge in [-0.05, 0) is 20.8 Å². The molecule has 5 heteroatoms. The molecule has 1 fully saturated rings. The van der Waals surface area contributed by atoms with E-state index in [1.807, 2.05) is 13.8 Å². The van der Waals surface area contributed by atoms with Gasteiger partial charge < -0.3 is 15.8 Å². The van der Waals surface area contributed by atoms with Crippen molar-refractivity contribution in [2.45, 2.75) is 44.9 Å². The minimum Gasteiger partial charge on any atom is -0.458 e. The molecule has 0 radical (unpaired) electrons. The molecule has 1 saturated heterocycles. The number of cyclic esters (lactones) is 1. The molecule has 5 nitrogen and oxygen atoms in total. The lowest BCUT2D eigenvalue weighted by atomic mass is 10.0. The molecule has 1 aliphatic rings. The Morgan fingerprint density at radius 2 is 2.29 bits per heavy atom. The van der Waals surface area contributed by atoms with Crippen molar-refractivity contribution in [3.63, 3.8) is 0 Å². The third-order valence-corrected chi connectivity index (χ3v) is 2.09. The van der Waals surface area contributed by atoms with E-state index in [1.165, 1.54) is 0 Å². The molecule has 3 N–H and O–H groups in total. The molecule has 0 aromatic carbocycles. The minimum atomic E-state index is -0.605. The first-order valence-electron chi connectivity index (χ1n) is 4.61. The van der Waals surface area contributed by atoms with Crippen LogP contribution in [0.1, 0.15) is 27.2 Å². The third kappa shape index (κ3) is 2.45. The third-order valence-electron chi connectivity index (χ3n) is 2.09. The van der Waals surface area contributed by atoms with E-state index >= 15 is 0 Å². The van der Waals surface area contributed by atoms with Crippen molar-refractivity contribution in [1.82, 2.24) is 5.32 Å². The highest BCUT2D eigenvalue weighted by atomic mass is 16.6. The number of amides is 1. The van der Waals surface area contributed by atoms with E-state index in [0.717, 1.165) is 0 Å². The molecule has 2 unspecified atom stereocenters. The second-order valence-corrected chi connectivity index (χ2v) is 4.23. The lowest BCUT2D eigenvalue weighted by molar-refractivity contribution is -0.148. The predicted octanol–water partition coefficient (Wildman–Crippen LogP) is -0.456. The molecule has 0 aliphatic carbocycles. The van der Waals surface area contributed by atoms with E-state index in [2.05, 4.69) is 5.32 Å². The van der Waals surface area contributed by atoms with Gasteiger partial charge in [0.05, 0.1) is 6.04 Å². The van der Waals surface area contributed by atoms with Crippen LogP contribution in [-0.2, 0) is 14.3 Å². The van der Waals surface area contributed by atoms with Gasteiger partial charge >= 0.3 is 5.97 Å². The summed E-state index contributed by atoms with van der Waals surface area (Å²) in [4.78, 5) is 22.5. The van der Waals surface area contributed by atoms with Crippen LogP contribution in [0.25, 0.3) is 0 Å². The average molecular weight is 200 g/mol. The fourth-order valence-electron chi connectivity index (χ4n) is 1.37. The van der Waals surface area contributed by atoms with Crippen molar-refractivity contribution in [3.05, 3.63) is 0 Å². The summed E-state index contributed by atoms with van der Waals surface area (Å²) in [6.45, 7) is 5.19. The molecule has 1 aliphatic heterocycles. The van der Waals surface area contributed by atoms with Gasteiger partial charge in [0.1, 0.15) is 11.6 Å². The van der Waals surface area contributed by atoms with Crippen molar-refractivity contribution in [2.24, 2.45) is 5.73 Å². The SMILES string of the molecule is CC(N)C(=O)NC1CC(C)(C)OC1=O. The van der Waals surface area contributed by atoms with Crippen LogP contribution in [0.15, 0.2) is 0 Å². The Hall–Kier alpha value is -1.10. The van der Waals surface area contributed by atoms with Gasteiger partial charge in [0, 0.05) is 6.42 Å². The number of nitrogens with two attached hydrogens (primary N) is 1. The Balaban J connectivity index is 2.55. The predicted molar refractivity (Wildman–Crippen MR) is 50.4 cm³/mol. The summed E-state index contributed by atoms with van der Waals surface area (Å²) in [6.07, 6.45) is 0.490. The first-order valence-corrected chi connectivity index (χ1v) is 4.61. The van der Waals surface area contributed by atoms with Crippen LogP contribution in [0.3, 0.4) is 0 Å². The van der Waals surface area contributed by atoms with Gasteiger partial charge in [0.2, 0.25) is 5.91 Å². The Kier molecular flexibility index (Phi) is 2.80. The highest BCUT2D eigenvalue weighted by Gasteiger charge is 2.40. The maximum atomic E-state index is 11.3. The summed E-state index contributed by atoms with van der Waals surface area (Å²) in [5.74, 6) is -0.714. The normalized spacial score (nSPS) is 26.9. The second-order valence-electron chi connectivity index (χ2n) is 4.23. The molecule has 2 atom stereocenters. The van der Waals surface area contributed by atoms with Gasteiger partial charge in [-0.25, -0.2) is 4.79 Å². The van der Waals surface area contributed by atoms with Gasteiger partial charge in [0.15, 0.2) is 0 Å². The molecule has 0 aromatic rings. The summed E-state index contributed by atoms with van der Waals surface area (Å²) in [5, 5.41) is 2.55. The molecule has 1 amide bonds.